The second-order valence-electron chi connectivity index (χ2n) is 3.54. The van der Waals surface area contributed by atoms with E-state index in [1.54, 1.807) is 0 Å². The first-order valence-electron chi connectivity index (χ1n) is 5.06. The maximum Gasteiger partial charge on any atom is 0.309 e. The monoisotopic (exact) mass is 207 g/mol. The number of carbonyl (C=O) groups is 1. The highest BCUT2D eigenvalue weighted by Gasteiger charge is 2.11. The molecule has 1 aromatic carbocycles. The van der Waals surface area contributed by atoms with E-state index in [-0.39, 0.29) is 11.9 Å². The minimum absolute atomic E-state index is 0.0984. The summed E-state index contributed by atoms with van der Waals surface area (Å²) < 4.78 is 4.64. The van der Waals surface area contributed by atoms with Gasteiger partial charge in [0.15, 0.2) is 0 Å². The van der Waals surface area contributed by atoms with E-state index < -0.39 is 0 Å². The molecule has 1 atom stereocenters. The first-order chi connectivity index (χ1) is 7.24. The summed E-state index contributed by atoms with van der Waals surface area (Å²) in [5.41, 5.74) is 1.22. The molecule has 1 aromatic rings. The second kappa shape index (κ2) is 6.19. The number of hydrogen-bond donors (Lipinski definition) is 1. The van der Waals surface area contributed by atoms with E-state index >= 15 is 0 Å². The van der Waals surface area contributed by atoms with Crippen LogP contribution in [0.4, 0.5) is 0 Å². The highest BCUT2D eigenvalue weighted by Crippen LogP contribution is 1.99. The predicted molar refractivity (Wildman–Crippen MR) is 59.3 cm³/mol. The number of methoxy groups -OCH3 is 1. The summed E-state index contributed by atoms with van der Waals surface area (Å²) in [4.78, 5) is 11.1. The largest absolute Gasteiger partial charge is 0.469 e. The first kappa shape index (κ1) is 11.7. The molecule has 0 amide bonds. The molecule has 3 heteroatoms. The molecule has 0 aromatic heterocycles. The average molecular weight is 207 g/mol. The number of hydrogen-bond acceptors (Lipinski definition) is 3. The lowest BCUT2D eigenvalue weighted by atomic mass is 10.1. The zero-order valence-corrected chi connectivity index (χ0v) is 9.19. The molecule has 1 N–H and O–H groups in total. The van der Waals surface area contributed by atoms with Gasteiger partial charge in [0.05, 0.1) is 13.0 Å². The molecule has 0 aliphatic rings. The minimum Gasteiger partial charge on any atom is -0.469 e. The van der Waals surface area contributed by atoms with Crippen LogP contribution in [0.1, 0.15) is 12.5 Å². The predicted octanol–water partition coefficient (Wildman–Crippen LogP) is 1.59. The lowest BCUT2D eigenvalue weighted by Crippen LogP contribution is -2.26. The van der Waals surface area contributed by atoms with E-state index in [9.17, 15) is 4.79 Å². The van der Waals surface area contributed by atoms with Crippen molar-refractivity contribution >= 4 is 5.97 Å². The molecule has 0 aliphatic carbocycles. The fraction of sp³-hybridized carbons (Fsp3) is 0.417. The fourth-order valence-electron chi connectivity index (χ4n) is 1.31. The molecular formula is C12H17NO2. The van der Waals surface area contributed by atoms with Crippen LogP contribution in [0, 0.1) is 5.92 Å². The number of nitrogens with one attached hydrogen (secondary N) is 1. The van der Waals surface area contributed by atoms with E-state index in [0.29, 0.717) is 6.54 Å². The van der Waals surface area contributed by atoms with Gasteiger partial charge in [0.2, 0.25) is 0 Å². The third kappa shape index (κ3) is 4.13. The molecule has 0 fully saturated rings. The lowest BCUT2D eigenvalue weighted by molar-refractivity contribution is -0.144. The Kier molecular flexibility index (Phi) is 4.84. The third-order valence-corrected chi connectivity index (χ3v) is 2.23. The first-order valence-corrected chi connectivity index (χ1v) is 5.06. The highest BCUT2D eigenvalue weighted by molar-refractivity contribution is 5.71. The van der Waals surface area contributed by atoms with Gasteiger partial charge in [0.1, 0.15) is 0 Å². The maximum absolute atomic E-state index is 11.1. The Morgan fingerprint density at radius 3 is 2.67 bits per heavy atom. The molecule has 82 valence electrons. The van der Waals surface area contributed by atoms with Crippen molar-refractivity contribution in [2.24, 2.45) is 5.92 Å². The summed E-state index contributed by atoms with van der Waals surface area (Å²) in [6.07, 6.45) is 0. The van der Waals surface area contributed by atoms with Crippen LogP contribution < -0.4 is 5.32 Å². The van der Waals surface area contributed by atoms with Gasteiger partial charge in [-0.05, 0) is 5.56 Å². The highest BCUT2D eigenvalue weighted by atomic mass is 16.5. The quantitative estimate of drug-likeness (QED) is 0.745. The summed E-state index contributed by atoms with van der Waals surface area (Å²) >= 11 is 0. The Morgan fingerprint density at radius 2 is 2.07 bits per heavy atom. The van der Waals surface area contributed by atoms with Crippen molar-refractivity contribution in [1.29, 1.82) is 0 Å². The van der Waals surface area contributed by atoms with Gasteiger partial charge < -0.3 is 10.1 Å². The van der Waals surface area contributed by atoms with Gasteiger partial charge in [-0.25, -0.2) is 0 Å². The Bertz CT molecular complexity index is 298. The Labute approximate surface area is 90.4 Å². The zero-order valence-electron chi connectivity index (χ0n) is 9.19. The Balaban J connectivity index is 2.25. The molecular weight excluding hydrogens is 190 g/mol. The molecule has 0 aliphatic heterocycles. The Morgan fingerprint density at radius 1 is 1.40 bits per heavy atom. The standard InChI is InChI=1S/C12H17NO2/c1-10(12(14)15-2)8-13-9-11-6-4-3-5-7-11/h3-7,10,13H,8-9H2,1-2H3/t10-/m1/s1. The van der Waals surface area contributed by atoms with Gasteiger partial charge in [-0.15, -0.1) is 0 Å². The zero-order chi connectivity index (χ0) is 11.1. The number of esters is 1. The van der Waals surface area contributed by atoms with Crippen LogP contribution in [-0.2, 0) is 16.1 Å². The number of benzene rings is 1. The normalized spacial score (nSPS) is 12.1. The molecule has 0 unspecified atom stereocenters. The van der Waals surface area contributed by atoms with Gasteiger partial charge >= 0.3 is 5.97 Å². The van der Waals surface area contributed by atoms with E-state index in [4.69, 9.17) is 0 Å². The summed E-state index contributed by atoms with van der Waals surface area (Å²) in [5, 5.41) is 3.22. The second-order valence-corrected chi connectivity index (χ2v) is 3.54. The topological polar surface area (TPSA) is 38.3 Å². The van der Waals surface area contributed by atoms with E-state index in [1.807, 2.05) is 25.1 Å². The smallest absolute Gasteiger partial charge is 0.309 e. The van der Waals surface area contributed by atoms with Crippen LogP contribution in [0.5, 0.6) is 0 Å². The van der Waals surface area contributed by atoms with E-state index in [1.165, 1.54) is 12.7 Å². The Hall–Kier alpha value is -1.35. The van der Waals surface area contributed by atoms with Crippen molar-refractivity contribution in [1.82, 2.24) is 5.32 Å². The molecule has 0 bridgehead atoms. The van der Waals surface area contributed by atoms with Crippen molar-refractivity contribution in [3.63, 3.8) is 0 Å². The molecule has 0 spiro atoms. The molecule has 15 heavy (non-hydrogen) atoms. The van der Waals surface area contributed by atoms with Crippen molar-refractivity contribution in [2.45, 2.75) is 13.5 Å². The number of carbonyl (C=O) groups excluding carboxylic acids is 1. The number of ether oxygens (including phenoxy) is 1. The SMILES string of the molecule is COC(=O)[C@H](C)CNCc1ccccc1. The van der Waals surface area contributed by atoms with Gasteiger partial charge in [-0.3, -0.25) is 4.79 Å². The molecule has 3 nitrogen and oxygen atoms in total. The van der Waals surface area contributed by atoms with Crippen molar-refractivity contribution in [3.05, 3.63) is 35.9 Å². The van der Waals surface area contributed by atoms with Crippen LogP contribution in [0.25, 0.3) is 0 Å². The van der Waals surface area contributed by atoms with Crippen molar-refractivity contribution in [2.75, 3.05) is 13.7 Å². The van der Waals surface area contributed by atoms with Crippen LogP contribution in [0.3, 0.4) is 0 Å². The van der Waals surface area contributed by atoms with Crippen LogP contribution in [-0.4, -0.2) is 19.6 Å². The van der Waals surface area contributed by atoms with Crippen LogP contribution in [0.2, 0.25) is 0 Å². The lowest BCUT2D eigenvalue weighted by Gasteiger charge is -2.10. The van der Waals surface area contributed by atoms with E-state index in [0.717, 1.165) is 6.54 Å². The van der Waals surface area contributed by atoms with Crippen molar-refractivity contribution in [3.8, 4) is 0 Å². The molecule has 0 heterocycles. The summed E-state index contributed by atoms with van der Waals surface area (Å²) in [5.74, 6) is -0.269. The third-order valence-electron chi connectivity index (χ3n) is 2.23. The summed E-state index contributed by atoms with van der Waals surface area (Å²) in [6, 6.07) is 10.1. The fourth-order valence-corrected chi connectivity index (χ4v) is 1.31. The maximum atomic E-state index is 11.1. The number of rotatable bonds is 5. The molecule has 0 saturated carbocycles. The minimum atomic E-state index is -0.171. The average Bonchev–Trinajstić information content (AvgIpc) is 2.29. The van der Waals surface area contributed by atoms with E-state index in [2.05, 4.69) is 22.2 Å². The molecule has 0 saturated heterocycles. The van der Waals surface area contributed by atoms with Crippen LogP contribution >= 0.6 is 0 Å². The van der Waals surface area contributed by atoms with Gasteiger partial charge in [0.25, 0.3) is 0 Å². The molecule has 0 radical (unpaired) electrons. The summed E-state index contributed by atoms with van der Waals surface area (Å²) in [7, 11) is 1.41. The van der Waals surface area contributed by atoms with Gasteiger partial charge in [-0.2, -0.15) is 0 Å². The summed E-state index contributed by atoms with van der Waals surface area (Å²) in [6.45, 7) is 3.27. The van der Waals surface area contributed by atoms with Crippen LogP contribution in [0.15, 0.2) is 30.3 Å². The van der Waals surface area contributed by atoms with Gasteiger partial charge in [0, 0.05) is 13.1 Å². The molecule has 1 rings (SSSR count). The van der Waals surface area contributed by atoms with Crippen molar-refractivity contribution < 1.29 is 9.53 Å². The van der Waals surface area contributed by atoms with Gasteiger partial charge in [-0.1, -0.05) is 37.3 Å².